The van der Waals surface area contributed by atoms with Gasteiger partial charge in [-0.25, -0.2) is 0 Å². The molecule has 5 nitrogen and oxygen atoms in total. The number of aryl methyl sites for hydroxylation is 1. The number of benzene rings is 1. The van der Waals surface area contributed by atoms with E-state index in [1.54, 1.807) is 0 Å². The van der Waals surface area contributed by atoms with E-state index in [0.29, 0.717) is 6.10 Å². The van der Waals surface area contributed by atoms with Crippen molar-refractivity contribution in [2.24, 2.45) is 4.99 Å². The molecule has 1 fully saturated rings. The monoisotopic (exact) mass is 470 g/mol. The minimum atomic E-state index is 0. The Labute approximate surface area is 173 Å². The number of hydrogen-bond acceptors (Lipinski definition) is 2. The number of hydrogen-bond donors (Lipinski definition) is 2. The first-order valence-corrected chi connectivity index (χ1v) is 9.35. The molecule has 0 unspecified atom stereocenters. The maximum absolute atomic E-state index is 5.74. The Morgan fingerprint density at radius 3 is 2.81 bits per heavy atom. The SMILES string of the molecule is CCOC1CCN(C(=NC)NCCc2c[nH]c3cccc(C)c23)CC1.I. The smallest absolute Gasteiger partial charge is 0.193 e. The second kappa shape index (κ2) is 10.2. The Morgan fingerprint density at radius 1 is 1.35 bits per heavy atom. The van der Waals surface area contributed by atoms with Crippen LogP contribution in [0.4, 0.5) is 0 Å². The van der Waals surface area contributed by atoms with E-state index in [4.69, 9.17) is 4.74 Å². The van der Waals surface area contributed by atoms with Crippen molar-refractivity contribution in [1.29, 1.82) is 0 Å². The van der Waals surface area contributed by atoms with Crippen molar-refractivity contribution in [3.8, 4) is 0 Å². The number of ether oxygens (including phenoxy) is 1. The Kier molecular flexibility index (Phi) is 8.21. The van der Waals surface area contributed by atoms with Gasteiger partial charge in [0.2, 0.25) is 0 Å². The molecule has 1 aliphatic heterocycles. The van der Waals surface area contributed by atoms with E-state index in [2.05, 4.69) is 58.4 Å². The third-order valence-electron chi connectivity index (χ3n) is 5.03. The van der Waals surface area contributed by atoms with Gasteiger partial charge in [0, 0.05) is 50.4 Å². The highest BCUT2D eigenvalue weighted by molar-refractivity contribution is 14.0. The van der Waals surface area contributed by atoms with Crippen molar-refractivity contribution >= 4 is 40.8 Å². The molecular weight excluding hydrogens is 439 g/mol. The number of aliphatic imine (C=N–C) groups is 1. The van der Waals surface area contributed by atoms with Gasteiger partial charge in [-0.15, -0.1) is 24.0 Å². The van der Waals surface area contributed by atoms with Crippen molar-refractivity contribution in [1.82, 2.24) is 15.2 Å². The lowest BCUT2D eigenvalue weighted by Crippen LogP contribution is -2.47. The van der Waals surface area contributed by atoms with Gasteiger partial charge in [0.1, 0.15) is 0 Å². The predicted octanol–water partition coefficient (Wildman–Crippen LogP) is 3.71. The van der Waals surface area contributed by atoms with Crippen molar-refractivity contribution in [3.05, 3.63) is 35.5 Å². The van der Waals surface area contributed by atoms with E-state index < -0.39 is 0 Å². The highest BCUT2D eigenvalue weighted by Gasteiger charge is 2.21. The summed E-state index contributed by atoms with van der Waals surface area (Å²) in [5.41, 5.74) is 3.92. The highest BCUT2D eigenvalue weighted by atomic mass is 127. The predicted molar refractivity (Wildman–Crippen MR) is 120 cm³/mol. The van der Waals surface area contributed by atoms with Crippen LogP contribution < -0.4 is 5.32 Å². The first kappa shape index (κ1) is 21.0. The van der Waals surface area contributed by atoms with Gasteiger partial charge in [-0.3, -0.25) is 4.99 Å². The maximum Gasteiger partial charge on any atom is 0.193 e. The molecule has 1 aromatic carbocycles. The maximum atomic E-state index is 5.74. The van der Waals surface area contributed by atoms with Crippen molar-refractivity contribution in [2.75, 3.05) is 33.3 Å². The Bertz CT molecular complexity index is 720. The van der Waals surface area contributed by atoms with Crippen LogP contribution in [0.5, 0.6) is 0 Å². The summed E-state index contributed by atoms with van der Waals surface area (Å²) < 4.78 is 5.74. The minimum absolute atomic E-state index is 0. The van der Waals surface area contributed by atoms with Gasteiger partial charge in [0.15, 0.2) is 5.96 Å². The number of aromatic amines is 1. The van der Waals surface area contributed by atoms with E-state index in [0.717, 1.165) is 51.5 Å². The molecular formula is C20H31IN4O. The van der Waals surface area contributed by atoms with Gasteiger partial charge in [0.25, 0.3) is 0 Å². The van der Waals surface area contributed by atoms with Crippen LogP contribution in [-0.4, -0.2) is 55.2 Å². The standard InChI is InChI=1S/C20H30N4O.HI/c1-4-25-17-9-12-24(13-10-17)20(21-3)22-11-8-16-14-23-18-7-5-6-15(2)19(16)18;/h5-7,14,17,23H,4,8-13H2,1-3H3,(H,21,22);1H. The molecule has 0 amide bonds. The summed E-state index contributed by atoms with van der Waals surface area (Å²) in [6, 6.07) is 6.42. The number of nitrogens with one attached hydrogen (secondary N) is 2. The average molecular weight is 470 g/mol. The fourth-order valence-electron chi connectivity index (χ4n) is 3.76. The Balaban J connectivity index is 0.00000243. The van der Waals surface area contributed by atoms with Crippen LogP contribution >= 0.6 is 24.0 Å². The van der Waals surface area contributed by atoms with Crippen LogP contribution in [0.25, 0.3) is 10.9 Å². The minimum Gasteiger partial charge on any atom is -0.378 e. The molecule has 2 aromatic rings. The van der Waals surface area contributed by atoms with Gasteiger partial charge in [0.05, 0.1) is 6.10 Å². The number of piperidine rings is 1. The number of guanidine groups is 1. The van der Waals surface area contributed by atoms with E-state index in [-0.39, 0.29) is 24.0 Å². The summed E-state index contributed by atoms with van der Waals surface area (Å²) in [5.74, 6) is 1.01. The van der Waals surface area contributed by atoms with Crippen LogP contribution in [0.1, 0.15) is 30.9 Å². The van der Waals surface area contributed by atoms with Crippen LogP contribution in [-0.2, 0) is 11.2 Å². The molecule has 3 rings (SSSR count). The van der Waals surface area contributed by atoms with Crippen molar-refractivity contribution in [3.63, 3.8) is 0 Å². The van der Waals surface area contributed by atoms with E-state index in [1.165, 1.54) is 22.0 Å². The zero-order chi connectivity index (χ0) is 17.6. The third kappa shape index (κ3) is 4.91. The summed E-state index contributed by atoms with van der Waals surface area (Å²) in [5, 5.41) is 4.89. The van der Waals surface area contributed by atoms with Gasteiger partial charge in [-0.2, -0.15) is 0 Å². The second-order valence-corrected chi connectivity index (χ2v) is 6.68. The molecule has 0 atom stereocenters. The van der Waals surface area contributed by atoms with Gasteiger partial charge in [-0.05, 0) is 50.3 Å². The summed E-state index contributed by atoms with van der Waals surface area (Å²) in [4.78, 5) is 10.2. The number of likely N-dealkylation sites (tertiary alicyclic amines) is 1. The molecule has 1 aromatic heterocycles. The lowest BCUT2D eigenvalue weighted by molar-refractivity contribution is 0.0264. The summed E-state index contributed by atoms with van der Waals surface area (Å²) in [7, 11) is 1.87. The van der Waals surface area contributed by atoms with Gasteiger partial charge in [-0.1, -0.05) is 12.1 Å². The summed E-state index contributed by atoms with van der Waals surface area (Å²) in [6.07, 6.45) is 5.69. The third-order valence-corrected chi connectivity index (χ3v) is 5.03. The molecule has 0 saturated carbocycles. The zero-order valence-electron chi connectivity index (χ0n) is 16.0. The lowest BCUT2D eigenvalue weighted by Gasteiger charge is -2.34. The van der Waals surface area contributed by atoms with Crippen molar-refractivity contribution < 1.29 is 4.74 Å². The molecule has 26 heavy (non-hydrogen) atoms. The van der Waals surface area contributed by atoms with Crippen LogP contribution in [0.2, 0.25) is 0 Å². The van der Waals surface area contributed by atoms with Gasteiger partial charge >= 0.3 is 0 Å². The number of rotatable bonds is 5. The van der Waals surface area contributed by atoms with Crippen LogP contribution in [0, 0.1) is 6.92 Å². The van der Waals surface area contributed by atoms with E-state index in [9.17, 15) is 0 Å². The second-order valence-electron chi connectivity index (χ2n) is 6.68. The summed E-state index contributed by atoms with van der Waals surface area (Å²) >= 11 is 0. The zero-order valence-corrected chi connectivity index (χ0v) is 18.4. The quantitative estimate of drug-likeness (QED) is 0.398. The average Bonchev–Trinajstić information content (AvgIpc) is 3.04. The number of halogens is 1. The largest absolute Gasteiger partial charge is 0.378 e. The number of fused-ring (bicyclic) bond motifs is 1. The molecule has 0 radical (unpaired) electrons. The molecule has 1 saturated heterocycles. The molecule has 0 aliphatic carbocycles. The van der Waals surface area contributed by atoms with E-state index in [1.807, 2.05) is 7.05 Å². The fraction of sp³-hybridized carbons (Fsp3) is 0.550. The Hall–Kier alpha value is -1.28. The number of H-pyrrole nitrogens is 1. The topological polar surface area (TPSA) is 52.6 Å². The molecule has 6 heteroatoms. The van der Waals surface area contributed by atoms with Crippen LogP contribution in [0.3, 0.4) is 0 Å². The molecule has 2 N–H and O–H groups in total. The normalized spacial score (nSPS) is 16.0. The molecule has 2 heterocycles. The molecule has 0 spiro atoms. The lowest BCUT2D eigenvalue weighted by atomic mass is 10.1. The molecule has 144 valence electrons. The van der Waals surface area contributed by atoms with Gasteiger partial charge < -0.3 is 19.9 Å². The first-order chi connectivity index (χ1) is 12.2. The van der Waals surface area contributed by atoms with E-state index >= 15 is 0 Å². The number of aromatic nitrogens is 1. The Morgan fingerprint density at radius 2 is 2.12 bits per heavy atom. The molecule has 1 aliphatic rings. The number of nitrogens with zero attached hydrogens (tertiary/aromatic N) is 2. The fourth-order valence-corrected chi connectivity index (χ4v) is 3.76. The highest BCUT2D eigenvalue weighted by Crippen LogP contribution is 2.22. The summed E-state index contributed by atoms with van der Waals surface area (Å²) in [6.45, 7) is 7.96. The van der Waals surface area contributed by atoms with Crippen molar-refractivity contribution in [2.45, 2.75) is 39.2 Å². The van der Waals surface area contributed by atoms with Crippen LogP contribution in [0.15, 0.2) is 29.4 Å². The molecule has 0 bridgehead atoms. The first-order valence-electron chi connectivity index (χ1n) is 9.35.